The smallest absolute Gasteiger partial charge is 0.191 e. The summed E-state index contributed by atoms with van der Waals surface area (Å²) in [6.07, 6.45) is 4.58. The van der Waals surface area contributed by atoms with Gasteiger partial charge in [0.2, 0.25) is 0 Å². The van der Waals surface area contributed by atoms with Crippen LogP contribution in [0.3, 0.4) is 0 Å². The Kier molecular flexibility index (Phi) is 11.3. The topological polar surface area (TPSA) is 62.0 Å². The van der Waals surface area contributed by atoms with E-state index in [9.17, 15) is 4.39 Å². The van der Waals surface area contributed by atoms with Crippen LogP contribution in [0.2, 0.25) is 0 Å². The maximum atomic E-state index is 14.0. The maximum Gasteiger partial charge on any atom is 0.191 e. The molecule has 1 saturated heterocycles. The molecule has 0 aliphatic carbocycles. The Bertz CT molecular complexity index is 821. The Morgan fingerprint density at radius 2 is 2.06 bits per heavy atom. The summed E-state index contributed by atoms with van der Waals surface area (Å²) in [5, 5.41) is 7.05. The number of guanidine groups is 1. The van der Waals surface area contributed by atoms with Crippen molar-refractivity contribution in [3.05, 3.63) is 53.7 Å². The van der Waals surface area contributed by atoms with E-state index in [1.54, 1.807) is 18.4 Å². The monoisotopic (exact) mass is 558 g/mol. The van der Waals surface area contributed by atoms with Gasteiger partial charge in [-0.25, -0.2) is 4.39 Å². The number of ether oxygens (including phenoxy) is 1. The molecule has 1 aromatic carbocycles. The second-order valence-electron chi connectivity index (χ2n) is 8.50. The van der Waals surface area contributed by atoms with Gasteiger partial charge in [-0.1, -0.05) is 19.9 Å². The van der Waals surface area contributed by atoms with Crippen LogP contribution in [-0.2, 0) is 13.0 Å². The molecule has 0 spiro atoms. The van der Waals surface area contributed by atoms with Gasteiger partial charge in [-0.3, -0.25) is 9.89 Å². The van der Waals surface area contributed by atoms with Crippen LogP contribution in [0.5, 0.6) is 5.75 Å². The lowest BCUT2D eigenvalue weighted by atomic mass is 10.0. The molecular weight excluding hydrogens is 522 g/mol. The zero-order valence-corrected chi connectivity index (χ0v) is 21.6. The molecule has 32 heavy (non-hydrogen) atoms. The lowest BCUT2D eigenvalue weighted by molar-refractivity contribution is 0.198. The second-order valence-corrected chi connectivity index (χ2v) is 8.50. The number of hydrogen-bond donors (Lipinski definition) is 2. The van der Waals surface area contributed by atoms with Crippen LogP contribution >= 0.6 is 24.0 Å². The molecule has 0 bridgehead atoms. The molecule has 0 saturated carbocycles. The first-order chi connectivity index (χ1) is 15.0. The van der Waals surface area contributed by atoms with Crippen molar-refractivity contribution in [3.63, 3.8) is 0 Å². The normalized spacial score (nSPS) is 15.5. The van der Waals surface area contributed by atoms with Gasteiger partial charge in [-0.05, 0) is 48.6 Å². The molecule has 6 nitrogen and oxygen atoms in total. The highest BCUT2D eigenvalue weighted by Gasteiger charge is 2.20. The van der Waals surface area contributed by atoms with Gasteiger partial charge in [0.25, 0.3) is 0 Å². The number of nitrogens with one attached hydrogen (secondary N) is 2. The fourth-order valence-corrected chi connectivity index (χ4v) is 3.68. The fraction of sp³-hybridized carbons (Fsp3) is 0.542. The summed E-state index contributed by atoms with van der Waals surface area (Å²) >= 11 is 0. The van der Waals surface area contributed by atoms with Crippen molar-refractivity contribution in [1.82, 2.24) is 15.5 Å². The van der Waals surface area contributed by atoms with E-state index in [1.807, 2.05) is 18.2 Å². The summed E-state index contributed by atoms with van der Waals surface area (Å²) in [5.74, 6) is 2.34. The van der Waals surface area contributed by atoms with Crippen molar-refractivity contribution in [1.29, 1.82) is 0 Å². The van der Waals surface area contributed by atoms with E-state index in [0.717, 1.165) is 69.3 Å². The van der Waals surface area contributed by atoms with Gasteiger partial charge in [0.15, 0.2) is 17.5 Å². The molecule has 3 rings (SSSR count). The Labute approximate surface area is 208 Å². The Morgan fingerprint density at radius 1 is 1.28 bits per heavy atom. The van der Waals surface area contributed by atoms with E-state index in [0.29, 0.717) is 17.7 Å². The first-order valence-electron chi connectivity index (χ1n) is 11.2. The second kappa shape index (κ2) is 13.7. The Morgan fingerprint density at radius 3 is 2.69 bits per heavy atom. The van der Waals surface area contributed by atoms with Crippen molar-refractivity contribution in [2.45, 2.75) is 45.7 Å². The number of rotatable bonds is 9. The first-order valence-corrected chi connectivity index (χ1v) is 11.2. The van der Waals surface area contributed by atoms with E-state index in [4.69, 9.17) is 14.1 Å². The Hall–Kier alpha value is -1.81. The quantitative estimate of drug-likeness (QED) is 0.271. The zero-order chi connectivity index (χ0) is 22.1. The molecule has 1 aliphatic rings. The third-order valence-corrected chi connectivity index (χ3v) is 5.41. The summed E-state index contributed by atoms with van der Waals surface area (Å²) in [6.45, 7) is 8.60. The largest absolute Gasteiger partial charge is 0.494 e. The highest BCUT2D eigenvalue weighted by molar-refractivity contribution is 14.0. The van der Waals surface area contributed by atoms with E-state index in [-0.39, 0.29) is 29.8 Å². The molecule has 0 unspecified atom stereocenters. The van der Waals surface area contributed by atoms with Gasteiger partial charge in [0, 0.05) is 45.2 Å². The predicted octanol–water partition coefficient (Wildman–Crippen LogP) is 4.44. The minimum Gasteiger partial charge on any atom is -0.494 e. The molecule has 1 fully saturated rings. The molecular formula is C24H36FIN4O2. The highest BCUT2D eigenvalue weighted by Crippen LogP contribution is 2.20. The summed E-state index contributed by atoms with van der Waals surface area (Å²) in [5.41, 5.74) is 0.975. The third-order valence-electron chi connectivity index (χ3n) is 5.41. The number of piperidine rings is 1. The third kappa shape index (κ3) is 8.61. The van der Waals surface area contributed by atoms with Crippen LogP contribution in [0, 0.1) is 11.7 Å². The number of methoxy groups -OCH3 is 1. The number of likely N-dealkylation sites (tertiary alicyclic amines) is 1. The van der Waals surface area contributed by atoms with Gasteiger partial charge < -0.3 is 19.8 Å². The lowest BCUT2D eigenvalue weighted by Gasteiger charge is -2.33. The van der Waals surface area contributed by atoms with Crippen LogP contribution in [0.25, 0.3) is 0 Å². The number of nitrogens with zero attached hydrogens (tertiary/aromatic N) is 2. The van der Waals surface area contributed by atoms with E-state index in [1.165, 1.54) is 7.11 Å². The van der Waals surface area contributed by atoms with Crippen molar-refractivity contribution in [2.75, 3.05) is 33.3 Å². The van der Waals surface area contributed by atoms with Gasteiger partial charge in [0.05, 0.1) is 13.4 Å². The van der Waals surface area contributed by atoms with Crippen molar-refractivity contribution < 1.29 is 13.5 Å². The number of furan rings is 1. The number of halogens is 2. The Balaban J connectivity index is 0.00000363. The summed E-state index contributed by atoms with van der Waals surface area (Å²) in [6, 6.07) is 9.49. The molecule has 2 N–H and O–H groups in total. The first kappa shape index (κ1) is 26.4. The lowest BCUT2D eigenvalue weighted by Crippen LogP contribution is -2.49. The minimum absolute atomic E-state index is 0. The van der Waals surface area contributed by atoms with Crippen LogP contribution in [-0.4, -0.2) is 50.2 Å². The van der Waals surface area contributed by atoms with E-state index < -0.39 is 0 Å². The fourth-order valence-electron chi connectivity index (χ4n) is 3.68. The highest BCUT2D eigenvalue weighted by atomic mass is 127. The van der Waals surface area contributed by atoms with Gasteiger partial charge in [0.1, 0.15) is 5.76 Å². The molecule has 2 heterocycles. The van der Waals surface area contributed by atoms with Crippen LogP contribution in [0.1, 0.15) is 38.0 Å². The SMILES string of the molecule is COc1ccc(CN2CCC(NC(=NCC(C)C)NCCc3ccco3)CC2)cc1F.I. The van der Waals surface area contributed by atoms with Gasteiger partial charge >= 0.3 is 0 Å². The standard InChI is InChI=1S/C24H35FN4O2.HI/c1-18(2)16-27-24(26-11-8-21-5-4-14-31-21)28-20-9-12-29(13-10-20)17-19-6-7-23(30-3)22(25)15-19;/h4-7,14-15,18,20H,8-13,16-17H2,1-3H3,(H2,26,27,28);1H. The summed E-state index contributed by atoms with van der Waals surface area (Å²) in [4.78, 5) is 7.12. The van der Waals surface area contributed by atoms with Crippen molar-refractivity contribution >= 4 is 29.9 Å². The molecule has 8 heteroatoms. The number of hydrogen-bond acceptors (Lipinski definition) is 4. The molecule has 178 valence electrons. The van der Waals surface area contributed by atoms with Gasteiger partial charge in [-0.15, -0.1) is 24.0 Å². The molecule has 0 atom stereocenters. The zero-order valence-electron chi connectivity index (χ0n) is 19.3. The summed E-state index contributed by atoms with van der Waals surface area (Å²) < 4.78 is 24.4. The van der Waals surface area contributed by atoms with Crippen molar-refractivity contribution in [3.8, 4) is 5.75 Å². The molecule has 2 aromatic rings. The predicted molar refractivity (Wildman–Crippen MR) is 137 cm³/mol. The number of benzene rings is 1. The van der Waals surface area contributed by atoms with Gasteiger partial charge in [-0.2, -0.15) is 0 Å². The van der Waals surface area contributed by atoms with Crippen LogP contribution < -0.4 is 15.4 Å². The summed E-state index contributed by atoms with van der Waals surface area (Å²) in [7, 11) is 1.49. The van der Waals surface area contributed by atoms with E-state index >= 15 is 0 Å². The average Bonchev–Trinajstić information content (AvgIpc) is 3.27. The molecule has 0 radical (unpaired) electrons. The number of aliphatic imine (C=N–C) groups is 1. The minimum atomic E-state index is -0.303. The van der Waals surface area contributed by atoms with Crippen LogP contribution in [0.4, 0.5) is 4.39 Å². The molecule has 0 amide bonds. The van der Waals surface area contributed by atoms with Crippen molar-refractivity contribution in [2.24, 2.45) is 10.9 Å². The van der Waals surface area contributed by atoms with E-state index in [2.05, 4.69) is 29.4 Å². The average molecular weight is 558 g/mol. The molecule has 1 aliphatic heterocycles. The van der Waals surface area contributed by atoms with Crippen LogP contribution in [0.15, 0.2) is 46.0 Å². The maximum absolute atomic E-state index is 14.0. The molecule has 1 aromatic heterocycles.